The number of carbonyl (C=O) groups excluding carboxylic acids is 1. The zero-order valence-electron chi connectivity index (χ0n) is 9.70. The van der Waals surface area contributed by atoms with E-state index in [2.05, 4.69) is 11.2 Å². The number of nitrogens with two attached hydrogens (primary N) is 1. The van der Waals surface area contributed by atoms with Crippen molar-refractivity contribution in [3.8, 4) is 12.3 Å². The largest absolute Gasteiger partial charge is 0.329 e. The lowest BCUT2D eigenvalue weighted by Gasteiger charge is -2.39. The minimum Gasteiger partial charge on any atom is -0.329 e. The van der Waals surface area contributed by atoms with E-state index in [0.29, 0.717) is 6.54 Å². The van der Waals surface area contributed by atoms with Crippen LogP contribution in [0.25, 0.3) is 0 Å². The molecular formula is C14H16N2O. The van der Waals surface area contributed by atoms with Crippen LogP contribution in [0.5, 0.6) is 0 Å². The quantitative estimate of drug-likeness (QED) is 0.774. The maximum absolute atomic E-state index is 12.1. The summed E-state index contributed by atoms with van der Waals surface area (Å²) in [5, 5.41) is 2.90. The van der Waals surface area contributed by atoms with Gasteiger partial charge in [0.05, 0.1) is 5.41 Å². The van der Waals surface area contributed by atoms with E-state index in [-0.39, 0.29) is 11.3 Å². The molecule has 0 heterocycles. The number of benzene rings is 1. The van der Waals surface area contributed by atoms with Gasteiger partial charge in [-0.1, -0.05) is 18.4 Å². The minimum atomic E-state index is -0.355. The van der Waals surface area contributed by atoms with E-state index in [1.807, 2.05) is 18.2 Å². The molecule has 88 valence electrons. The Bertz CT molecular complexity index is 464. The molecule has 0 saturated heterocycles. The Hall–Kier alpha value is -1.79. The van der Waals surface area contributed by atoms with E-state index in [0.717, 1.165) is 30.5 Å². The van der Waals surface area contributed by atoms with Gasteiger partial charge in [-0.25, -0.2) is 0 Å². The lowest BCUT2D eigenvalue weighted by Crippen LogP contribution is -2.47. The maximum Gasteiger partial charge on any atom is 0.231 e. The SMILES string of the molecule is C#Cc1cccc(NC(=O)C2(CN)CCC2)c1. The predicted molar refractivity (Wildman–Crippen MR) is 68.3 cm³/mol. The summed E-state index contributed by atoms with van der Waals surface area (Å²) in [5.74, 6) is 2.56. The number of amides is 1. The first-order chi connectivity index (χ1) is 8.20. The van der Waals surface area contributed by atoms with E-state index in [4.69, 9.17) is 12.2 Å². The van der Waals surface area contributed by atoms with Gasteiger partial charge in [0.2, 0.25) is 5.91 Å². The van der Waals surface area contributed by atoms with Gasteiger partial charge < -0.3 is 11.1 Å². The van der Waals surface area contributed by atoms with Crippen molar-refractivity contribution in [2.75, 3.05) is 11.9 Å². The second kappa shape index (κ2) is 4.60. The van der Waals surface area contributed by atoms with Gasteiger partial charge in [0.15, 0.2) is 0 Å². The van der Waals surface area contributed by atoms with Crippen LogP contribution in [0, 0.1) is 17.8 Å². The first-order valence-corrected chi connectivity index (χ1v) is 5.78. The smallest absolute Gasteiger partial charge is 0.231 e. The van der Waals surface area contributed by atoms with Gasteiger partial charge in [-0.3, -0.25) is 4.79 Å². The second-order valence-electron chi connectivity index (χ2n) is 4.52. The molecule has 3 nitrogen and oxygen atoms in total. The molecule has 0 unspecified atom stereocenters. The fourth-order valence-electron chi connectivity index (χ4n) is 2.08. The van der Waals surface area contributed by atoms with Crippen LogP contribution < -0.4 is 11.1 Å². The molecule has 2 rings (SSSR count). The summed E-state index contributed by atoms with van der Waals surface area (Å²) >= 11 is 0. The fourth-order valence-corrected chi connectivity index (χ4v) is 2.08. The normalized spacial score (nSPS) is 16.7. The monoisotopic (exact) mass is 228 g/mol. The Labute approximate surface area is 101 Å². The van der Waals surface area contributed by atoms with Gasteiger partial charge in [-0.15, -0.1) is 6.42 Å². The lowest BCUT2D eigenvalue weighted by molar-refractivity contribution is -0.129. The number of nitrogens with one attached hydrogen (secondary N) is 1. The lowest BCUT2D eigenvalue weighted by atomic mass is 9.68. The molecule has 0 radical (unpaired) electrons. The van der Waals surface area contributed by atoms with Gasteiger partial charge in [0, 0.05) is 17.8 Å². The van der Waals surface area contributed by atoms with Gasteiger partial charge in [-0.05, 0) is 31.0 Å². The van der Waals surface area contributed by atoms with Crippen LogP contribution in [0.1, 0.15) is 24.8 Å². The Morgan fingerprint density at radius 2 is 2.29 bits per heavy atom. The Kier molecular flexibility index (Phi) is 3.16. The molecule has 3 heteroatoms. The van der Waals surface area contributed by atoms with Crippen molar-refractivity contribution in [2.45, 2.75) is 19.3 Å². The van der Waals surface area contributed by atoms with Crippen molar-refractivity contribution in [3.05, 3.63) is 29.8 Å². The molecule has 0 atom stereocenters. The molecule has 3 N–H and O–H groups in total. The van der Waals surface area contributed by atoms with Gasteiger partial charge in [0.25, 0.3) is 0 Å². The molecule has 1 amide bonds. The summed E-state index contributed by atoms with van der Waals surface area (Å²) < 4.78 is 0. The van der Waals surface area contributed by atoms with Gasteiger partial charge in [0.1, 0.15) is 0 Å². The van der Waals surface area contributed by atoms with E-state index < -0.39 is 0 Å². The Morgan fingerprint density at radius 3 is 2.82 bits per heavy atom. The number of carbonyl (C=O) groups is 1. The van der Waals surface area contributed by atoms with Crippen LogP contribution in [0.3, 0.4) is 0 Å². The second-order valence-corrected chi connectivity index (χ2v) is 4.52. The molecule has 0 aromatic heterocycles. The minimum absolute atomic E-state index is 0.0143. The van der Waals surface area contributed by atoms with Gasteiger partial charge in [-0.2, -0.15) is 0 Å². The predicted octanol–water partition coefficient (Wildman–Crippen LogP) is 1.74. The first-order valence-electron chi connectivity index (χ1n) is 5.78. The number of hydrogen-bond acceptors (Lipinski definition) is 2. The topological polar surface area (TPSA) is 55.1 Å². The van der Waals surface area contributed by atoms with E-state index in [1.165, 1.54) is 0 Å². The van der Waals surface area contributed by atoms with Crippen molar-refractivity contribution < 1.29 is 4.79 Å². The molecule has 1 aliphatic carbocycles. The van der Waals surface area contributed by atoms with E-state index >= 15 is 0 Å². The van der Waals surface area contributed by atoms with E-state index in [1.54, 1.807) is 6.07 Å². The molecule has 0 bridgehead atoms. The highest BCUT2D eigenvalue weighted by Gasteiger charge is 2.42. The highest BCUT2D eigenvalue weighted by molar-refractivity contribution is 5.96. The molecule has 0 spiro atoms. The van der Waals surface area contributed by atoms with Crippen molar-refractivity contribution in [2.24, 2.45) is 11.1 Å². The number of rotatable bonds is 3. The third kappa shape index (κ3) is 2.17. The average molecular weight is 228 g/mol. The zero-order valence-corrected chi connectivity index (χ0v) is 9.70. The highest BCUT2D eigenvalue weighted by atomic mass is 16.2. The summed E-state index contributed by atoms with van der Waals surface area (Å²) in [6.07, 6.45) is 8.15. The molecule has 1 fully saturated rings. The standard InChI is InChI=1S/C14H16N2O/c1-2-11-5-3-6-12(9-11)16-13(17)14(10-15)7-4-8-14/h1,3,5-6,9H,4,7-8,10,15H2,(H,16,17). The number of hydrogen-bond donors (Lipinski definition) is 2. The molecule has 1 aromatic carbocycles. The summed E-state index contributed by atoms with van der Waals surface area (Å²) in [6.45, 7) is 0.410. The third-order valence-corrected chi connectivity index (χ3v) is 3.47. The summed E-state index contributed by atoms with van der Waals surface area (Å²) in [4.78, 5) is 12.1. The van der Waals surface area contributed by atoms with Crippen molar-refractivity contribution in [1.82, 2.24) is 0 Å². The molecule has 1 saturated carbocycles. The van der Waals surface area contributed by atoms with Crippen molar-refractivity contribution >= 4 is 11.6 Å². The number of terminal acetylenes is 1. The fraction of sp³-hybridized carbons (Fsp3) is 0.357. The van der Waals surface area contributed by atoms with Crippen LogP contribution >= 0.6 is 0 Å². The first kappa shape index (κ1) is 11.7. The van der Waals surface area contributed by atoms with E-state index in [9.17, 15) is 4.79 Å². The van der Waals surface area contributed by atoms with Crippen molar-refractivity contribution in [1.29, 1.82) is 0 Å². The maximum atomic E-state index is 12.1. The summed E-state index contributed by atoms with van der Waals surface area (Å²) in [7, 11) is 0. The Balaban J connectivity index is 2.10. The average Bonchev–Trinajstić information content (AvgIpc) is 2.28. The number of anilines is 1. The third-order valence-electron chi connectivity index (χ3n) is 3.47. The van der Waals surface area contributed by atoms with Crippen LogP contribution in [-0.2, 0) is 4.79 Å². The molecular weight excluding hydrogens is 212 g/mol. The summed E-state index contributed by atoms with van der Waals surface area (Å²) in [6, 6.07) is 7.29. The van der Waals surface area contributed by atoms with Gasteiger partial charge >= 0.3 is 0 Å². The molecule has 1 aromatic rings. The Morgan fingerprint density at radius 1 is 1.53 bits per heavy atom. The zero-order chi connectivity index (χ0) is 12.3. The van der Waals surface area contributed by atoms with Crippen LogP contribution in [0.15, 0.2) is 24.3 Å². The summed E-state index contributed by atoms with van der Waals surface area (Å²) in [5.41, 5.74) is 6.83. The van der Waals surface area contributed by atoms with Crippen LogP contribution in [0.4, 0.5) is 5.69 Å². The van der Waals surface area contributed by atoms with Crippen LogP contribution in [0.2, 0.25) is 0 Å². The highest BCUT2D eigenvalue weighted by Crippen LogP contribution is 2.40. The molecule has 0 aliphatic heterocycles. The molecule has 17 heavy (non-hydrogen) atoms. The van der Waals surface area contributed by atoms with Crippen molar-refractivity contribution in [3.63, 3.8) is 0 Å². The molecule has 1 aliphatic rings. The van der Waals surface area contributed by atoms with Crippen LogP contribution in [-0.4, -0.2) is 12.5 Å².